The number of aromatic nitrogens is 6. The number of hydrogen-bond acceptors (Lipinski definition) is 8. The molecule has 1 unspecified atom stereocenters. The molecule has 10 nitrogen and oxygen atoms in total. The van der Waals surface area contributed by atoms with Gasteiger partial charge in [0.05, 0.1) is 30.7 Å². The molecule has 1 fully saturated rings. The maximum atomic E-state index is 13.0. The number of fused-ring (bicyclic) bond motifs is 2. The second-order valence-corrected chi connectivity index (χ2v) is 8.60. The number of anilines is 1. The van der Waals surface area contributed by atoms with Crippen LogP contribution in [0.25, 0.3) is 0 Å². The van der Waals surface area contributed by atoms with Crippen molar-refractivity contribution in [2.75, 3.05) is 18.0 Å². The van der Waals surface area contributed by atoms with Crippen molar-refractivity contribution in [2.24, 2.45) is 0 Å². The smallest absolute Gasteiger partial charge is 0.251 e. The molecule has 10 heteroatoms. The molecule has 3 aromatic heterocycles. The van der Waals surface area contributed by atoms with Crippen LogP contribution in [0.2, 0.25) is 0 Å². The molecule has 1 spiro atoms. The average molecular weight is 449 g/mol. The average Bonchev–Trinajstić information content (AvgIpc) is 3.34. The quantitative estimate of drug-likeness (QED) is 0.626. The molecule has 0 bridgehead atoms. The number of aryl methyl sites for hydroxylation is 2. The summed E-state index contributed by atoms with van der Waals surface area (Å²) >= 11 is 0. The number of nitrogens with zero attached hydrogens (tertiary/aromatic N) is 7. The predicted octanol–water partition coefficient (Wildman–Crippen LogP) is 1.54. The van der Waals surface area contributed by atoms with Gasteiger partial charge in [-0.05, 0) is 18.9 Å². The highest BCUT2D eigenvalue weighted by molar-refractivity contribution is 5.80. The Morgan fingerprint density at radius 3 is 2.61 bits per heavy atom. The van der Waals surface area contributed by atoms with Crippen LogP contribution in [0.5, 0.6) is 0 Å². The molecule has 1 saturated heterocycles. The minimum absolute atomic E-state index is 0.156. The lowest BCUT2D eigenvalue weighted by Crippen LogP contribution is -2.54. The predicted molar refractivity (Wildman–Crippen MR) is 120 cm³/mol. The van der Waals surface area contributed by atoms with E-state index in [4.69, 9.17) is 4.74 Å². The van der Waals surface area contributed by atoms with Gasteiger partial charge >= 0.3 is 0 Å². The number of carbonyl (C=O) groups excluding carboxylic acids is 1. The topological polar surface area (TPSA) is 111 Å². The van der Waals surface area contributed by atoms with Gasteiger partial charge in [-0.15, -0.1) is 0 Å². The molecule has 5 rings (SSSR count). The van der Waals surface area contributed by atoms with Crippen LogP contribution in [0.3, 0.4) is 0 Å². The van der Waals surface area contributed by atoms with Gasteiger partial charge in [0.1, 0.15) is 11.4 Å². The van der Waals surface area contributed by atoms with Crippen LogP contribution in [-0.4, -0.2) is 54.6 Å². The first-order valence-electron chi connectivity index (χ1n) is 11.4. The highest BCUT2D eigenvalue weighted by Gasteiger charge is 2.47. The van der Waals surface area contributed by atoms with Crippen LogP contribution >= 0.6 is 0 Å². The zero-order chi connectivity index (χ0) is 22.8. The van der Waals surface area contributed by atoms with E-state index in [0.29, 0.717) is 31.6 Å². The first-order chi connectivity index (χ1) is 16.1. The Kier molecular flexibility index (Phi) is 5.76. The third-order valence-electron chi connectivity index (χ3n) is 6.38. The van der Waals surface area contributed by atoms with Crippen molar-refractivity contribution in [1.29, 1.82) is 0 Å². The second kappa shape index (κ2) is 8.86. The van der Waals surface area contributed by atoms with Gasteiger partial charge in [0, 0.05) is 56.9 Å². The molecule has 1 atom stereocenters. The molecule has 5 heterocycles. The van der Waals surface area contributed by atoms with Crippen molar-refractivity contribution < 1.29 is 9.53 Å². The van der Waals surface area contributed by atoms with E-state index in [-0.39, 0.29) is 5.91 Å². The Balaban J connectivity index is 1.27. The van der Waals surface area contributed by atoms with Gasteiger partial charge in [0.25, 0.3) is 5.91 Å². The Labute approximate surface area is 192 Å². The molecule has 1 N–H and O–H groups in total. The van der Waals surface area contributed by atoms with Crippen molar-refractivity contribution in [3.8, 4) is 0 Å². The standard InChI is InChI=1S/C23H28N8O2/c1-3-17-11-28-22(29-12-17)30-7-4-23(5-8-30)21-24-6-9-31(21)15-19(33-23)20(32)27-14-18-13-25-16(2)10-26-18/h6,9-13,19H,3-5,7-8,14-15H2,1-2H3,(H,27,32). The number of rotatable bonds is 5. The van der Waals surface area contributed by atoms with Gasteiger partial charge in [-0.3, -0.25) is 14.8 Å². The largest absolute Gasteiger partial charge is 0.352 e. The SMILES string of the molecule is CCc1cnc(N2CCC3(CC2)OC(C(=O)NCc2cnc(C)cn2)Cn2ccnc23)nc1. The van der Waals surface area contributed by atoms with Crippen LogP contribution in [0.4, 0.5) is 5.95 Å². The molecule has 2 aliphatic heterocycles. The summed E-state index contributed by atoms with van der Waals surface area (Å²) in [6.07, 6.45) is 12.6. The number of nitrogens with one attached hydrogen (secondary N) is 1. The van der Waals surface area contributed by atoms with Gasteiger partial charge in [-0.25, -0.2) is 15.0 Å². The maximum absolute atomic E-state index is 13.0. The van der Waals surface area contributed by atoms with Gasteiger partial charge in [-0.2, -0.15) is 0 Å². The van der Waals surface area contributed by atoms with Crippen LogP contribution in [0.15, 0.2) is 37.2 Å². The summed E-state index contributed by atoms with van der Waals surface area (Å²) in [4.78, 5) is 37.3. The van der Waals surface area contributed by atoms with Crippen molar-refractivity contribution >= 4 is 11.9 Å². The van der Waals surface area contributed by atoms with Crippen molar-refractivity contribution in [1.82, 2.24) is 34.8 Å². The summed E-state index contributed by atoms with van der Waals surface area (Å²) in [5.41, 5.74) is 2.07. The molecule has 172 valence electrons. The van der Waals surface area contributed by atoms with E-state index in [2.05, 4.69) is 42.1 Å². The molecule has 1 amide bonds. The van der Waals surface area contributed by atoms with E-state index >= 15 is 0 Å². The summed E-state index contributed by atoms with van der Waals surface area (Å²) in [7, 11) is 0. The number of carbonyl (C=O) groups is 1. The first kappa shape index (κ1) is 21.4. The fraction of sp³-hybridized carbons (Fsp3) is 0.478. The van der Waals surface area contributed by atoms with E-state index in [0.717, 1.165) is 42.5 Å². The third-order valence-corrected chi connectivity index (χ3v) is 6.38. The lowest BCUT2D eigenvalue weighted by molar-refractivity contribution is -0.167. The normalized spacial score (nSPS) is 19.3. The number of piperidine rings is 1. The Morgan fingerprint density at radius 2 is 1.91 bits per heavy atom. The Morgan fingerprint density at radius 1 is 1.12 bits per heavy atom. The molecule has 0 saturated carbocycles. The molecular weight excluding hydrogens is 420 g/mol. The molecule has 33 heavy (non-hydrogen) atoms. The van der Waals surface area contributed by atoms with E-state index < -0.39 is 11.7 Å². The number of imidazole rings is 1. The van der Waals surface area contributed by atoms with Crippen LogP contribution in [0, 0.1) is 6.92 Å². The van der Waals surface area contributed by atoms with E-state index in [9.17, 15) is 4.79 Å². The minimum atomic E-state index is -0.604. The molecular formula is C23H28N8O2. The van der Waals surface area contributed by atoms with Crippen LogP contribution in [-0.2, 0) is 34.6 Å². The lowest BCUT2D eigenvalue weighted by atomic mass is 9.88. The number of ether oxygens (including phenoxy) is 1. The molecule has 3 aromatic rings. The number of amides is 1. The lowest BCUT2D eigenvalue weighted by Gasteiger charge is -2.45. The zero-order valence-corrected chi connectivity index (χ0v) is 18.9. The zero-order valence-electron chi connectivity index (χ0n) is 18.9. The van der Waals surface area contributed by atoms with Crippen LogP contribution < -0.4 is 10.2 Å². The van der Waals surface area contributed by atoms with Crippen LogP contribution in [0.1, 0.15) is 42.5 Å². The summed E-state index contributed by atoms with van der Waals surface area (Å²) in [6.45, 7) is 6.18. The monoisotopic (exact) mass is 448 g/mol. The molecule has 0 radical (unpaired) electrons. The summed E-state index contributed by atoms with van der Waals surface area (Å²) in [5, 5.41) is 2.95. The molecule has 0 aromatic carbocycles. The highest BCUT2D eigenvalue weighted by atomic mass is 16.5. The maximum Gasteiger partial charge on any atom is 0.251 e. The van der Waals surface area contributed by atoms with Crippen molar-refractivity contribution in [3.63, 3.8) is 0 Å². The van der Waals surface area contributed by atoms with Gasteiger partial charge in [0.2, 0.25) is 5.95 Å². The summed E-state index contributed by atoms with van der Waals surface area (Å²) < 4.78 is 8.53. The highest BCUT2D eigenvalue weighted by Crippen LogP contribution is 2.40. The molecule has 2 aliphatic rings. The fourth-order valence-corrected chi connectivity index (χ4v) is 4.44. The molecule has 0 aliphatic carbocycles. The number of hydrogen-bond donors (Lipinski definition) is 1. The van der Waals surface area contributed by atoms with E-state index in [1.807, 2.05) is 30.1 Å². The van der Waals surface area contributed by atoms with E-state index in [1.54, 1.807) is 18.6 Å². The van der Waals surface area contributed by atoms with Gasteiger partial charge < -0.3 is 19.5 Å². The summed E-state index contributed by atoms with van der Waals surface area (Å²) in [6, 6.07) is 0. The van der Waals surface area contributed by atoms with Crippen molar-refractivity contribution in [2.45, 2.75) is 57.9 Å². The first-order valence-corrected chi connectivity index (χ1v) is 11.4. The minimum Gasteiger partial charge on any atom is -0.352 e. The Hall–Kier alpha value is -3.40. The van der Waals surface area contributed by atoms with E-state index in [1.165, 1.54) is 0 Å². The summed E-state index contributed by atoms with van der Waals surface area (Å²) in [5.74, 6) is 1.46. The van der Waals surface area contributed by atoms with Gasteiger partial charge in [0.15, 0.2) is 6.10 Å². The fourth-order valence-electron chi connectivity index (χ4n) is 4.44. The second-order valence-electron chi connectivity index (χ2n) is 8.60. The van der Waals surface area contributed by atoms with Crippen molar-refractivity contribution in [3.05, 3.63) is 60.0 Å². The third kappa shape index (κ3) is 4.30. The van der Waals surface area contributed by atoms with Gasteiger partial charge in [-0.1, -0.05) is 6.92 Å². The Bertz CT molecular complexity index is 1100.